The predicted octanol–water partition coefficient (Wildman–Crippen LogP) is 4.71. The molecular weight excluding hydrogens is 298 g/mol. The van der Waals surface area contributed by atoms with Gasteiger partial charge in [-0.2, -0.15) is 0 Å². The lowest BCUT2D eigenvalue weighted by molar-refractivity contribution is -0.143. The molecule has 0 aliphatic rings. The number of rotatable bonds is 6. The molecule has 0 radical (unpaired) electrons. The zero-order valence-electron chi connectivity index (χ0n) is 14.9. The number of carbonyl (C=O) groups is 1. The predicted molar refractivity (Wildman–Crippen MR) is 98.3 cm³/mol. The molecule has 0 atom stereocenters. The number of hydrogen-bond donors (Lipinski definition) is 0. The van der Waals surface area contributed by atoms with Gasteiger partial charge in [0.05, 0.1) is 12.1 Å². The largest absolute Gasteiger partial charge is 0.335 e. The Hall–Kier alpha value is -2.42. The third-order valence-electron chi connectivity index (χ3n) is 4.11. The van der Waals surface area contributed by atoms with Gasteiger partial charge in [-0.05, 0) is 56.4 Å². The first kappa shape index (κ1) is 17.9. The minimum absolute atomic E-state index is 0.293. The van der Waals surface area contributed by atoms with Crippen molar-refractivity contribution in [3.8, 4) is 0 Å². The van der Waals surface area contributed by atoms with Crippen LogP contribution in [0, 0.1) is 20.8 Å². The first-order valence-corrected chi connectivity index (χ1v) is 8.29. The third-order valence-corrected chi connectivity index (χ3v) is 4.11. The Morgan fingerprint density at radius 1 is 1.00 bits per heavy atom. The summed E-state index contributed by atoms with van der Waals surface area (Å²) < 4.78 is 0. The van der Waals surface area contributed by atoms with Crippen LogP contribution in [0.25, 0.3) is 0 Å². The maximum Gasteiger partial charge on any atom is 0.335 e. The number of oxime groups is 1. The highest BCUT2D eigenvalue weighted by atomic mass is 16.7. The van der Waals surface area contributed by atoms with Crippen molar-refractivity contribution in [3.05, 3.63) is 70.3 Å². The van der Waals surface area contributed by atoms with E-state index in [0.717, 1.165) is 5.71 Å². The van der Waals surface area contributed by atoms with Gasteiger partial charge >= 0.3 is 5.97 Å². The van der Waals surface area contributed by atoms with E-state index < -0.39 is 0 Å². The number of nitrogens with zero attached hydrogens (tertiary/aromatic N) is 1. The molecule has 0 saturated heterocycles. The summed E-state index contributed by atoms with van der Waals surface area (Å²) in [6, 6.07) is 14.4. The van der Waals surface area contributed by atoms with Gasteiger partial charge in [0.1, 0.15) is 0 Å². The smallest absolute Gasteiger partial charge is 0.318 e. The zero-order valence-corrected chi connectivity index (χ0v) is 14.9. The average Bonchev–Trinajstić information content (AvgIpc) is 2.55. The quantitative estimate of drug-likeness (QED) is 0.439. The molecule has 3 nitrogen and oxygen atoms in total. The van der Waals surface area contributed by atoms with E-state index in [-0.39, 0.29) is 5.97 Å². The van der Waals surface area contributed by atoms with Crippen molar-refractivity contribution in [1.29, 1.82) is 0 Å². The Morgan fingerprint density at radius 3 is 2.46 bits per heavy atom. The fourth-order valence-electron chi connectivity index (χ4n) is 2.65. The summed E-state index contributed by atoms with van der Waals surface area (Å²) in [5, 5.41) is 3.98. The highest BCUT2D eigenvalue weighted by Gasteiger charge is 2.06. The molecule has 0 saturated carbocycles. The molecule has 0 heterocycles. The van der Waals surface area contributed by atoms with Crippen LogP contribution in [0.1, 0.15) is 41.2 Å². The van der Waals surface area contributed by atoms with E-state index in [1.165, 1.54) is 27.8 Å². The second kappa shape index (κ2) is 8.44. The van der Waals surface area contributed by atoms with Gasteiger partial charge in [0.25, 0.3) is 0 Å². The Morgan fingerprint density at radius 2 is 1.75 bits per heavy atom. The number of carbonyl (C=O) groups excluding carboxylic acids is 1. The highest BCUT2D eigenvalue weighted by Crippen LogP contribution is 2.12. The van der Waals surface area contributed by atoms with E-state index in [1.54, 1.807) is 0 Å². The van der Waals surface area contributed by atoms with Crippen LogP contribution in [-0.4, -0.2) is 11.7 Å². The second-order valence-electron chi connectivity index (χ2n) is 6.32. The zero-order chi connectivity index (χ0) is 17.5. The molecule has 0 N–H and O–H groups in total. The van der Waals surface area contributed by atoms with E-state index in [1.807, 2.05) is 38.1 Å². The first-order chi connectivity index (χ1) is 11.5. The normalized spacial score (nSPS) is 11.4. The van der Waals surface area contributed by atoms with E-state index in [0.29, 0.717) is 19.3 Å². The molecule has 0 fully saturated rings. The Kier molecular flexibility index (Phi) is 6.30. The average molecular weight is 323 g/mol. The molecule has 24 heavy (non-hydrogen) atoms. The van der Waals surface area contributed by atoms with Gasteiger partial charge in [0.2, 0.25) is 0 Å². The molecule has 0 unspecified atom stereocenters. The molecule has 0 amide bonds. The summed E-state index contributed by atoms with van der Waals surface area (Å²) in [6.07, 6.45) is 1.71. The van der Waals surface area contributed by atoms with Crippen molar-refractivity contribution in [1.82, 2.24) is 0 Å². The highest BCUT2D eigenvalue weighted by molar-refractivity contribution is 5.84. The van der Waals surface area contributed by atoms with E-state index in [9.17, 15) is 4.79 Å². The van der Waals surface area contributed by atoms with Gasteiger partial charge < -0.3 is 4.84 Å². The van der Waals surface area contributed by atoms with Crippen LogP contribution in [0.2, 0.25) is 0 Å². The fourth-order valence-corrected chi connectivity index (χ4v) is 2.65. The number of benzene rings is 2. The third kappa shape index (κ3) is 5.34. The lowest BCUT2D eigenvalue weighted by Crippen LogP contribution is -2.06. The van der Waals surface area contributed by atoms with Crippen LogP contribution >= 0.6 is 0 Å². The Labute approximate surface area is 144 Å². The number of hydrogen-bond acceptors (Lipinski definition) is 3. The van der Waals surface area contributed by atoms with Crippen molar-refractivity contribution in [3.63, 3.8) is 0 Å². The van der Waals surface area contributed by atoms with Crippen LogP contribution in [0.5, 0.6) is 0 Å². The SMILES string of the molecule is C/C(Cc1ccc(C)cc1C)=N\OC(=O)CCc1ccccc1C. The van der Waals surface area contributed by atoms with Gasteiger partial charge in [-0.25, -0.2) is 4.79 Å². The molecule has 3 heteroatoms. The fraction of sp³-hybridized carbons (Fsp3) is 0.333. The van der Waals surface area contributed by atoms with Crippen LogP contribution in [0.15, 0.2) is 47.6 Å². The van der Waals surface area contributed by atoms with Crippen LogP contribution in [0.3, 0.4) is 0 Å². The number of aryl methyl sites for hydroxylation is 4. The van der Waals surface area contributed by atoms with Gasteiger partial charge in [0, 0.05) is 6.42 Å². The standard InChI is InChI=1S/C21H25NO2/c1-15-9-10-20(17(3)13-15)14-18(4)22-24-21(23)12-11-19-8-6-5-7-16(19)2/h5-10,13H,11-12,14H2,1-4H3/b22-18+. The molecule has 0 aromatic heterocycles. The minimum atomic E-state index is -0.293. The van der Waals surface area contributed by atoms with Crippen molar-refractivity contribution in [2.75, 3.05) is 0 Å². The maximum atomic E-state index is 11.9. The molecule has 0 bridgehead atoms. The molecule has 0 aliphatic carbocycles. The van der Waals surface area contributed by atoms with Crippen molar-refractivity contribution >= 4 is 11.7 Å². The summed E-state index contributed by atoms with van der Waals surface area (Å²) in [5.41, 5.74) is 6.85. The van der Waals surface area contributed by atoms with Crippen LogP contribution < -0.4 is 0 Å². The molecule has 0 spiro atoms. The van der Waals surface area contributed by atoms with E-state index in [2.05, 4.69) is 37.2 Å². The topological polar surface area (TPSA) is 38.7 Å². The Balaban J connectivity index is 1.85. The summed E-state index contributed by atoms with van der Waals surface area (Å²) in [5.74, 6) is -0.293. The van der Waals surface area contributed by atoms with Crippen LogP contribution in [0.4, 0.5) is 0 Å². The van der Waals surface area contributed by atoms with E-state index in [4.69, 9.17) is 4.84 Å². The molecule has 2 aromatic carbocycles. The maximum absolute atomic E-state index is 11.9. The van der Waals surface area contributed by atoms with E-state index >= 15 is 0 Å². The lowest BCUT2D eigenvalue weighted by atomic mass is 10.0. The molecule has 2 rings (SSSR count). The van der Waals surface area contributed by atoms with Gasteiger partial charge in [-0.3, -0.25) is 0 Å². The van der Waals surface area contributed by atoms with Crippen molar-refractivity contribution in [2.45, 2.75) is 47.0 Å². The van der Waals surface area contributed by atoms with Gasteiger partial charge in [-0.1, -0.05) is 53.2 Å². The monoisotopic (exact) mass is 323 g/mol. The summed E-state index contributed by atoms with van der Waals surface area (Å²) >= 11 is 0. The molecule has 126 valence electrons. The summed E-state index contributed by atoms with van der Waals surface area (Å²) in [4.78, 5) is 16.9. The molecule has 0 aliphatic heterocycles. The van der Waals surface area contributed by atoms with Crippen molar-refractivity contribution in [2.24, 2.45) is 5.16 Å². The minimum Gasteiger partial charge on any atom is -0.318 e. The summed E-state index contributed by atoms with van der Waals surface area (Å²) in [6.45, 7) is 8.10. The lowest BCUT2D eigenvalue weighted by Gasteiger charge is -2.07. The van der Waals surface area contributed by atoms with Gasteiger partial charge in [0.15, 0.2) is 0 Å². The van der Waals surface area contributed by atoms with Gasteiger partial charge in [-0.15, -0.1) is 0 Å². The van der Waals surface area contributed by atoms with Crippen LogP contribution in [-0.2, 0) is 22.5 Å². The molecular formula is C21H25NO2. The molecule has 2 aromatic rings. The van der Waals surface area contributed by atoms with Crippen molar-refractivity contribution < 1.29 is 9.63 Å². The summed E-state index contributed by atoms with van der Waals surface area (Å²) in [7, 11) is 0. The Bertz CT molecular complexity index is 747. The first-order valence-electron chi connectivity index (χ1n) is 8.29. The second-order valence-corrected chi connectivity index (χ2v) is 6.32.